The highest BCUT2D eigenvalue weighted by Crippen LogP contribution is 2.32. The number of piperidine rings is 1. The van der Waals surface area contributed by atoms with Crippen molar-refractivity contribution >= 4 is 10.9 Å². The lowest BCUT2D eigenvalue weighted by Crippen LogP contribution is -2.38. The molecule has 0 saturated carbocycles. The average molecular weight is 318 g/mol. The number of likely N-dealkylation sites (tertiary alicyclic amines) is 1. The summed E-state index contributed by atoms with van der Waals surface area (Å²) in [6.07, 6.45) is 5.20. The minimum Gasteiger partial charge on any atom is -0.354 e. The maximum Gasteiger partial charge on any atom is 0.0497 e. The Kier molecular flexibility index (Phi) is 4.40. The van der Waals surface area contributed by atoms with Gasteiger partial charge in [-0.3, -0.25) is 0 Å². The Balaban J connectivity index is 1.72. The van der Waals surface area contributed by atoms with E-state index < -0.39 is 0 Å². The molecule has 2 aromatic carbocycles. The third-order valence-corrected chi connectivity index (χ3v) is 5.39. The molecule has 0 radical (unpaired) electrons. The lowest BCUT2D eigenvalue weighted by molar-refractivity contribution is 0.173. The summed E-state index contributed by atoms with van der Waals surface area (Å²) in [5.74, 6) is 0. The number of hydrogen-bond donors (Lipinski definition) is 1. The number of nitrogens with zero attached hydrogens (tertiary/aromatic N) is 1. The van der Waals surface area contributed by atoms with Gasteiger partial charge in [-0.15, -0.1) is 0 Å². The normalized spacial score (nSPS) is 17.2. The molecular formula is C22H26N2. The van der Waals surface area contributed by atoms with Crippen molar-refractivity contribution in [3.05, 3.63) is 60.2 Å². The number of fused-ring (bicyclic) bond motifs is 1. The second-order valence-corrected chi connectivity index (χ2v) is 7.04. The molecule has 1 saturated heterocycles. The molecule has 0 aliphatic carbocycles. The van der Waals surface area contributed by atoms with Crippen molar-refractivity contribution in [3.8, 4) is 11.3 Å². The van der Waals surface area contributed by atoms with Gasteiger partial charge in [0.1, 0.15) is 0 Å². The van der Waals surface area contributed by atoms with Gasteiger partial charge in [0.2, 0.25) is 0 Å². The molecule has 1 fully saturated rings. The van der Waals surface area contributed by atoms with Crippen LogP contribution in [0.4, 0.5) is 0 Å². The third-order valence-electron chi connectivity index (χ3n) is 5.39. The van der Waals surface area contributed by atoms with E-state index in [2.05, 4.69) is 71.4 Å². The fraction of sp³-hybridized carbons (Fsp3) is 0.364. The Labute approximate surface area is 144 Å². The molecule has 24 heavy (non-hydrogen) atoms. The Hall–Kier alpha value is -2.06. The maximum absolute atomic E-state index is 3.67. The summed E-state index contributed by atoms with van der Waals surface area (Å²) >= 11 is 0. The van der Waals surface area contributed by atoms with Gasteiger partial charge in [-0.1, -0.05) is 55.0 Å². The minimum atomic E-state index is 0.590. The van der Waals surface area contributed by atoms with Crippen LogP contribution in [-0.4, -0.2) is 29.0 Å². The zero-order valence-corrected chi connectivity index (χ0v) is 14.5. The molecule has 0 bridgehead atoms. The van der Waals surface area contributed by atoms with E-state index in [0.717, 1.165) is 6.42 Å². The van der Waals surface area contributed by atoms with Gasteiger partial charge in [0, 0.05) is 22.6 Å². The predicted octanol–water partition coefficient (Wildman–Crippen LogP) is 5.25. The molecule has 1 atom stereocenters. The fourth-order valence-electron chi connectivity index (χ4n) is 4.05. The van der Waals surface area contributed by atoms with Crippen molar-refractivity contribution in [1.29, 1.82) is 0 Å². The largest absolute Gasteiger partial charge is 0.354 e. The van der Waals surface area contributed by atoms with E-state index >= 15 is 0 Å². The third kappa shape index (κ3) is 2.99. The van der Waals surface area contributed by atoms with Crippen LogP contribution < -0.4 is 0 Å². The van der Waals surface area contributed by atoms with Gasteiger partial charge in [0.15, 0.2) is 0 Å². The summed E-state index contributed by atoms with van der Waals surface area (Å²) in [5.41, 5.74) is 5.29. The average Bonchev–Trinajstić information content (AvgIpc) is 3.02. The quantitative estimate of drug-likeness (QED) is 0.696. The van der Waals surface area contributed by atoms with E-state index in [1.807, 2.05) is 0 Å². The van der Waals surface area contributed by atoms with Gasteiger partial charge in [-0.05, 0) is 56.5 Å². The van der Waals surface area contributed by atoms with Crippen LogP contribution in [0, 0.1) is 0 Å². The first-order chi connectivity index (χ1) is 11.8. The molecule has 1 aromatic heterocycles. The first-order valence-electron chi connectivity index (χ1n) is 9.22. The molecule has 1 unspecified atom stereocenters. The van der Waals surface area contributed by atoms with E-state index in [4.69, 9.17) is 0 Å². The number of aromatic nitrogens is 1. The van der Waals surface area contributed by atoms with Crippen molar-refractivity contribution in [3.63, 3.8) is 0 Å². The van der Waals surface area contributed by atoms with Gasteiger partial charge >= 0.3 is 0 Å². The number of benzene rings is 2. The monoisotopic (exact) mass is 318 g/mol. The molecular weight excluding hydrogens is 292 g/mol. The topological polar surface area (TPSA) is 19.0 Å². The van der Waals surface area contributed by atoms with Crippen LogP contribution in [0.25, 0.3) is 22.2 Å². The van der Waals surface area contributed by atoms with Crippen LogP contribution in [0.2, 0.25) is 0 Å². The van der Waals surface area contributed by atoms with Gasteiger partial charge in [-0.25, -0.2) is 0 Å². The second-order valence-electron chi connectivity index (χ2n) is 7.04. The van der Waals surface area contributed by atoms with Crippen LogP contribution in [0.5, 0.6) is 0 Å². The van der Waals surface area contributed by atoms with E-state index in [-0.39, 0.29) is 0 Å². The van der Waals surface area contributed by atoms with Gasteiger partial charge in [0.25, 0.3) is 0 Å². The molecule has 1 aliphatic rings. The Bertz CT molecular complexity index is 797. The smallest absolute Gasteiger partial charge is 0.0497 e. The lowest BCUT2D eigenvalue weighted by atomic mass is 9.97. The van der Waals surface area contributed by atoms with E-state index in [1.54, 1.807) is 0 Å². The summed E-state index contributed by atoms with van der Waals surface area (Å²) < 4.78 is 0. The fourth-order valence-corrected chi connectivity index (χ4v) is 4.05. The molecule has 1 N–H and O–H groups in total. The van der Waals surface area contributed by atoms with Gasteiger partial charge in [0.05, 0.1) is 0 Å². The zero-order valence-electron chi connectivity index (χ0n) is 14.5. The summed E-state index contributed by atoms with van der Waals surface area (Å²) in [4.78, 5) is 6.34. The molecule has 2 heteroatoms. The second kappa shape index (κ2) is 6.82. The van der Waals surface area contributed by atoms with Crippen LogP contribution in [0.1, 0.15) is 31.7 Å². The van der Waals surface area contributed by atoms with Crippen molar-refractivity contribution < 1.29 is 0 Å². The van der Waals surface area contributed by atoms with Crippen LogP contribution in [-0.2, 0) is 6.42 Å². The van der Waals surface area contributed by atoms with Crippen molar-refractivity contribution in [2.24, 2.45) is 0 Å². The van der Waals surface area contributed by atoms with Gasteiger partial charge < -0.3 is 9.88 Å². The van der Waals surface area contributed by atoms with E-state index in [9.17, 15) is 0 Å². The van der Waals surface area contributed by atoms with Crippen LogP contribution >= 0.6 is 0 Å². The number of rotatable bonds is 4. The predicted molar refractivity (Wildman–Crippen MR) is 102 cm³/mol. The first-order valence-corrected chi connectivity index (χ1v) is 9.22. The Morgan fingerprint density at radius 2 is 1.62 bits per heavy atom. The number of para-hydroxylation sites is 1. The summed E-state index contributed by atoms with van der Waals surface area (Å²) in [6.45, 7) is 4.90. The van der Waals surface area contributed by atoms with Crippen molar-refractivity contribution in [2.45, 2.75) is 38.6 Å². The number of H-pyrrole nitrogens is 1. The molecule has 3 aromatic rings. The molecule has 0 amide bonds. The minimum absolute atomic E-state index is 0.590. The molecule has 4 rings (SSSR count). The summed E-state index contributed by atoms with van der Waals surface area (Å²) in [7, 11) is 0. The van der Waals surface area contributed by atoms with Gasteiger partial charge in [-0.2, -0.15) is 0 Å². The van der Waals surface area contributed by atoms with Crippen LogP contribution in [0.15, 0.2) is 54.6 Å². The molecule has 0 spiro atoms. The number of nitrogens with one attached hydrogen (secondary N) is 1. The maximum atomic E-state index is 3.67. The Morgan fingerprint density at radius 3 is 2.42 bits per heavy atom. The molecule has 124 valence electrons. The lowest BCUT2D eigenvalue weighted by Gasteiger charge is -2.32. The highest BCUT2D eigenvalue weighted by molar-refractivity contribution is 5.90. The first kappa shape index (κ1) is 15.5. The summed E-state index contributed by atoms with van der Waals surface area (Å²) in [5, 5.41) is 1.38. The Morgan fingerprint density at radius 1 is 0.917 bits per heavy atom. The molecule has 2 heterocycles. The van der Waals surface area contributed by atoms with E-state index in [0.29, 0.717) is 6.04 Å². The van der Waals surface area contributed by atoms with E-state index in [1.165, 1.54) is 60.1 Å². The van der Waals surface area contributed by atoms with Crippen molar-refractivity contribution in [1.82, 2.24) is 9.88 Å². The van der Waals surface area contributed by atoms with Crippen molar-refractivity contribution in [2.75, 3.05) is 13.1 Å². The standard InChI is InChI=1S/C22H26N2/c1-17(24-14-8-3-9-15-24)16-20-19-12-6-7-13-21(19)23-22(20)18-10-4-2-5-11-18/h2,4-7,10-13,17,23H,3,8-9,14-16H2,1H3. The highest BCUT2D eigenvalue weighted by Gasteiger charge is 2.20. The van der Waals surface area contributed by atoms with Crippen LogP contribution in [0.3, 0.4) is 0 Å². The number of hydrogen-bond acceptors (Lipinski definition) is 1. The zero-order chi connectivity index (χ0) is 16.4. The molecule has 2 nitrogen and oxygen atoms in total. The summed E-state index contributed by atoms with van der Waals surface area (Å²) in [6, 6.07) is 20.1. The SMILES string of the molecule is CC(Cc1c(-c2ccccc2)[nH]c2ccccc12)N1CCCCC1. The highest BCUT2D eigenvalue weighted by atomic mass is 15.1. The number of aromatic amines is 1. The molecule has 1 aliphatic heterocycles.